The number of furan rings is 1. The summed E-state index contributed by atoms with van der Waals surface area (Å²) in [7, 11) is 0. The van der Waals surface area contributed by atoms with Crippen LogP contribution >= 0.6 is 15.9 Å². The van der Waals surface area contributed by atoms with E-state index >= 15 is 0 Å². The van der Waals surface area contributed by atoms with Crippen molar-refractivity contribution < 1.29 is 9.21 Å². The lowest BCUT2D eigenvalue weighted by Gasteiger charge is -2.28. The maximum absolute atomic E-state index is 12.6. The third-order valence-electron chi connectivity index (χ3n) is 3.89. The summed E-state index contributed by atoms with van der Waals surface area (Å²) >= 11 is 3.32. The molecule has 124 valence electrons. The Morgan fingerprint density at radius 3 is 2.55 bits per heavy atom. The van der Waals surface area contributed by atoms with E-state index in [0.717, 1.165) is 31.9 Å². The van der Waals surface area contributed by atoms with E-state index in [1.165, 1.54) is 12.8 Å². The van der Waals surface area contributed by atoms with Crippen LogP contribution in [0.1, 0.15) is 45.8 Å². The van der Waals surface area contributed by atoms with E-state index in [-0.39, 0.29) is 11.3 Å². The van der Waals surface area contributed by atoms with Gasteiger partial charge in [-0.25, -0.2) is 0 Å². The Bertz CT molecular complexity index is 487. The molecule has 1 fully saturated rings. The fourth-order valence-corrected chi connectivity index (χ4v) is 3.09. The van der Waals surface area contributed by atoms with Crippen molar-refractivity contribution in [2.24, 2.45) is 5.41 Å². The van der Waals surface area contributed by atoms with Crippen LogP contribution in [-0.4, -0.2) is 41.9 Å². The van der Waals surface area contributed by atoms with Gasteiger partial charge < -0.3 is 14.2 Å². The van der Waals surface area contributed by atoms with Gasteiger partial charge in [0.05, 0.1) is 6.54 Å². The van der Waals surface area contributed by atoms with Crippen LogP contribution in [0.3, 0.4) is 0 Å². The maximum Gasteiger partial charge on any atom is 0.223 e. The Morgan fingerprint density at radius 2 is 2.00 bits per heavy atom. The van der Waals surface area contributed by atoms with Gasteiger partial charge in [-0.2, -0.15) is 0 Å². The van der Waals surface area contributed by atoms with E-state index in [2.05, 4.69) is 41.6 Å². The fraction of sp³-hybridized carbons (Fsp3) is 0.706. The van der Waals surface area contributed by atoms with E-state index in [1.54, 1.807) is 0 Å². The summed E-state index contributed by atoms with van der Waals surface area (Å²) < 4.78 is 6.29. The first kappa shape index (κ1) is 17.5. The number of likely N-dealkylation sites (tertiary alicyclic amines) is 1. The monoisotopic (exact) mass is 370 g/mol. The van der Waals surface area contributed by atoms with E-state index in [4.69, 9.17) is 4.42 Å². The Labute approximate surface area is 142 Å². The lowest BCUT2D eigenvalue weighted by Crippen LogP contribution is -2.38. The van der Waals surface area contributed by atoms with Crippen LogP contribution in [-0.2, 0) is 11.3 Å². The Hall–Kier alpha value is -0.810. The van der Waals surface area contributed by atoms with Gasteiger partial charge in [0.25, 0.3) is 0 Å². The number of halogens is 1. The smallest absolute Gasteiger partial charge is 0.223 e. The number of carbonyl (C=O) groups excluding carboxylic acids is 1. The molecule has 1 aromatic rings. The molecule has 4 nitrogen and oxygen atoms in total. The highest BCUT2D eigenvalue weighted by molar-refractivity contribution is 9.10. The molecule has 1 amide bonds. The second-order valence-corrected chi connectivity index (χ2v) is 8.09. The van der Waals surface area contributed by atoms with E-state index in [1.807, 2.05) is 17.0 Å². The molecule has 5 heteroatoms. The largest absolute Gasteiger partial charge is 0.452 e. The normalized spacial score (nSPS) is 16.2. The first-order valence-corrected chi connectivity index (χ1v) is 8.87. The predicted octanol–water partition coefficient (Wildman–Crippen LogP) is 3.90. The van der Waals surface area contributed by atoms with Crippen LogP contribution in [0.5, 0.6) is 0 Å². The SMILES string of the molecule is CC(C)(C)CC(=O)N(CCN1CCCC1)Cc1ccc(Br)o1. The number of amides is 1. The van der Waals surface area contributed by atoms with Crippen LogP contribution in [0.2, 0.25) is 0 Å². The van der Waals surface area contributed by atoms with Crippen LogP contribution in [0, 0.1) is 5.41 Å². The molecule has 0 aliphatic carbocycles. The molecule has 0 spiro atoms. The van der Waals surface area contributed by atoms with Crippen LogP contribution in [0.4, 0.5) is 0 Å². The number of hydrogen-bond acceptors (Lipinski definition) is 3. The molecule has 1 aromatic heterocycles. The van der Waals surface area contributed by atoms with Crippen molar-refractivity contribution >= 4 is 21.8 Å². The second kappa shape index (κ2) is 7.64. The van der Waals surface area contributed by atoms with Gasteiger partial charge >= 0.3 is 0 Å². The highest BCUT2D eigenvalue weighted by atomic mass is 79.9. The summed E-state index contributed by atoms with van der Waals surface area (Å²) in [6.45, 7) is 10.9. The van der Waals surface area contributed by atoms with Gasteiger partial charge in [-0.1, -0.05) is 20.8 Å². The van der Waals surface area contributed by atoms with E-state index < -0.39 is 0 Å². The number of rotatable bonds is 6. The standard InChI is InChI=1S/C17H27BrN2O2/c1-17(2,3)12-16(21)20(11-10-19-8-4-5-9-19)13-14-6-7-15(18)22-14/h6-7H,4-5,8-13H2,1-3H3. The van der Waals surface area contributed by atoms with Crippen LogP contribution < -0.4 is 0 Å². The summed E-state index contributed by atoms with van der Waals surface area (Å²) in [4.78, 5) is 17.0. The summed E-state index contributed by atoms with van der Waals surface area (Å²) in [5.41, 5.74) is 0.00667. The van der Waals surface area contributed by atoms with E-state index in [0.29, 0.717) is 17.6 Å². The van der Waals surface area contributed by atoms with Crippen molar-refractivity contribution in [3.63, 3.8) is 0 Å². The molecule has 0 N–H and O–H groups in total. The highest BCUT2D eigenvalue weighted by Gasteiger charge is 2.23. The predicted molar refractivity (Wildman–Crippen MR) is 91.6 cm³/mol. The fourth-order valence-electron chi connectivity index (χ4n) is 2.75. The summed E-state index contributed by atoms with van der Waals surface area (Å²) in [5, 5.41) is 0. The Morgan fingerprint density at radius 1 is 1.32 bits per heavy atom. The Balaban J connectivity index is 1.96. The first-order valence-electron chi connectivity index (χ1n) is 8.08. The summed E-state index contributed by atoms with van der Waals surface area (Å²) in [5.74, 6) is 1.04. The summed E-state index contributed by atoms with van der Waals surface area (Å²) in [6, 6.07) is 3.81. The van der Waals surface area contributed by atoms with Gasteiger partial charge in [-0.15, -0.1) is 0 Å². The number of hydrogen-bond donors (Lipinski definition) is 0. The lowest BCUT2D eigenvalue weighted by atomic mass is 9.91. The molecule has 2 rings (SSSR count). The quantitative estimate of drug-likeness (QED) is 0.761. The van der Waals surface area contributed by atoms with Crippen molar-refractivity contribution in [3.05, 3.63) is 22.6 Å². The molecule has 2 heterocycles. The van der Waals surface area contributed by atoms with E-state index in [9.17, 15) is 4.79 Å². The van der Waals surface area contributed by atoms with Gasteiger partial charge in [0.1, 0.15) is 5.76 Å². The highest BCUT2D eigenvalue weighted by Crippen LogP contribution is 2.22. The molecule has 0 bridgehead atoms. The number of nitrogens with zero attached hydrogens (tertiary/aromatic N) is 2. The van der Waals surface area contributed by atoms with Gasteiger partial charge in [0, 0.05) is 19.5 Å². The van der Waals surface area contributed by atoms with Crippen molar-refractivity contribution in [2.75, 3.05) is 26.2 Å². The third kappa shape index (κ3) is 5.76. The Kier molecular flexibility index (Phi) is 6.09. The van der Waals surface area contributed by atoms with Crippen molar-refractivity contribution in [3.8, 4) is 0 Å². The van der Waals surface area contributed by atoms with Crippen LogP contribution in [0.25, 0.3) is 0 Å². The average Bonchev–Trinajstić information content (AvgIpc) is 3.03. The first-order chi connectivity index (χ1) is 10.3. The van der Waals surface area contributed by atoms with Gasteiger partial charge in [-0.3, -0.25) is 4.79 Å². The molecule has 22 heavy (non-hydrogen) atoms. The molecule has 1 saturated heterocycles. The minimum Gasteiger partial charge on any atom is -0.452 e. The molecule has 1 aliphatic heterocycles. The van der Waals surface area contributed by atoms with Crippen molar-refractivity contribution in [1.82, 2.24) is 9.80 Å². The van der Waals surface area contributed by atoms with Crippen LogP contribution in [0.15, 0.2) is 21.2 Å². The molecule has 0 aromatic carbocycles. The van der Waals surface area contributed by atoms with Crippen molar-refractivity contribution in [2.45, 2.75) is 46.6 Å². The molecule has 0 atom stereocenters. The molecule has 1 aliphatic rings. The maximum atomic E-state index is 12.6. The zero-order valence-electron chi connectivity index (χ0n) is 13.9. The molecular formula is C17H27BrN2O2. The topological polar surface area (TPSA) is 36.7 Å². The minimum atomic E-state index is 0.00667. The lowest BCUT2D eigenvalue weighted by molar-refractivity contribution is -0.134. The minimum absolute atomic E-state index is 0.00667. The molecular weight excluding hydrogens is 344 g/mol. The summed E-state index contributed by atoms with van der Waals surface area (Å²) in [6.07, 6.45) is 3.12. The zero-order chi connectivity index (χ0) is 16.2. The van der Waals surface area contributed by atoms with Gasteiger partial charge in [0.15, 0.2) is 4.67 Å². The van der Waals surface area contributed by atoms with Gasteiger partial charge in [-0.05, 0) is 59.4 Å². The second-order valence-electron chi connectivity index (χ2n) is 7.31. The molecule has 0 saturated carbocycles. The van der Waals surface area contributed by atoms with Crippen molar-refractivity contribution in [1.29, 1.82) is 0 Å². The molecule has 0 radical (unpaired) electrons. The molecule has 0 unspecified atom stereocenters. The number of carbonyl (C=O) groups is 1. The van der Waals surface area contributed by atoms with Gasteiger partial charge in [0.2, 0.25) is 5.91 Å². The average molecular weight is 371 g/mol. The third-order valence-corrected chi connectivity index (χ3v) is 4.32. The zero-order valence-corrected chi connectivity index (χ0v) is 15.5.